The number of aromatic nitrogens is 2. The molecule has 2 N–H and O–H groups in total. The summed E-state index contributed by atoms with van der Waals surface area (Å²) in [5.41, 5.74) is 0.956. The van der Waals surface area contributed by atoms with E-state index >= 15 is 0 Å². The lowest BCUT2D eigenvalue weighted by Gasteiger charge is -2.06. The van der Waals surface area contributed by atoms with Crippen LogP contribution in [-0.4, -0.2) is 22.6 Å². The lowest BCUT2D eigenvalue weighted by Crippen LogP contribution is -2.24. The van der Waals surface area contributed by atoms with Gasteiger partial charge in [0.1, 0.15) is 11.5 Å². The lowest BCUT2D eigenvalue weighted by molar-refractivity contribution is 0.577. The Hall–Kier alpha value is -1.55. The van der Waals surface area contributed by atoms with Crippen LogP contribution in [0.2, 0.25) is 0 Å². The van der Waals surface area contributed by atoms with Gasteiger partial charge in [-0.1, -0.05) is 0 Å². The molecule has 1 aliphatic heterocycles. The van der Waals surface area contributed by atoms with E-state index in [1.807, 2.05) is 18.3 Å². The molecule has 4 heteroatoms. The third-order valence-electron chi connectivity index (χ3n) is 3.02. The molecule has 1 unspecified atom stereocenters. The first-order valence-electron chi connectivity index (χ1n) is 5.73. The summed E-state index contributed by atoms with van der Waals surface area (Å²) in [6, 6.07) is 4.40. The second-order valence-electron chi connectivity index (χ2n) is 4.22. The molecule has 0 bridgehead atoms. The molecular formula is C12H15N3O. The van der Waals surface area contributed by atoms with Crippen molar-refractivity contribution < 1.29 is 4.42 Å². The fourth-order valence-electron chi connectivity index (χ4n) is 2.19. The number of rotatable bonds is 3. The summed E-state index contributed by atoms with van der Waals surface area (Å²) in [4.78, 5) is 7.68. The monoisotopic (exact) mass is 217 g/mol. The van der Waals surface area contributed by atoms with Crippen molar-refractivity contribution in [2.24, 2.45) is 0 Å². The van der Waals surface area contributed by atoms with Crippen molar-refractivity contribution in [1.82, 2.24) is 15.3 Å². The molecule has 16 heavy (non-hydrogen) atoms. The van der Waals surface area contributed by atoms with Crippen LogP contribution in [0.1, 0.15) is 18.7 Å². The fraction of sp³-hybridized carbons (Fsp3) is 0.417. The predicted octanol–water partition coefficient (Wildman–Crippen LogP) is 1.96. The summed E-state index contributed by atoms with van der Waals surface area (Å²) in [7, 11) is 0. The van der Waals surface area contributed by atoms with Gasteiger partial charge in [0.2, 0.25) is 0 Å². The molecule has 2 aromatic heterocycles. The molecule has 0 radical (unpaired) electrons. The number of hydrogen-bond donors (Lipinski definition) is 2. The Morgan fingerprint density at radius 3 is 3.25 bits per heavy atom. The first-order valence-corrected chi connectivity index (χ1v) is 5.73. The third-order valence-corrected chi connectivity index (χ3v) is 3.02. The van der Waals surface area contributed by atoms with E-state index in [4.69, 9.17) is 4.42 Å². The quantitative estimate of drug-likeness (QED) is 0.826. The molecule has 3 heterocycles. The maximum absolute atomic E-state index is 5.32. The maximum Gasteiger partial charge on any atom is 0.151 e. The average molecular weight is 217 g/mol. The van der Waals surface area contributed by atoms with Gasteiger partial charge in [0.15, 0.2) is 5.76 Å². The summed E-state index contributed by atoms with van der Waals surface area (Å²) >= 11 is 0. The SMILES string of the molecule is c1coc(-c2cnc(CC3CCCN3)[nH]2)c1. The van der Waals surface area contributed by atoms with E-state index in [2.05, 4.69) is 15.3 Å². The van der Waals surface area contributed by atoms with Gasteiger partial charge in [-0.25, -0.2) is 4.98 Å². The Morgan fingerprint density at radius 1 is 1.50 bits per heavy atom. The Bertz CT molecular complexity index is 441. The van der Waals surface area contributed by atoms with Crippen LogP contribution in [0.4, 0.5) is 0 Å². The zero-order valence-electron chi connectivity index (χ0n) is 9.07. The molecule has 1 saturated heterocycles. The van der Waals surface area contributed by atoms with Crippen molar-refractivity contribution in [1.29, 1.82) is 0 Å². The number of hydrogen-bond acceptors (Lipinski definition) is 3. The van der Waals surface area contributed by atoms with Gasteiger partial charge in [0.05, 0.1) is 12.5 Å². The number of H-pyrrole nitrogens is 1. The minimum atomic E-state index is 0.579. The van der Waals surface area contributed by atoms with E-state index in [9.17, 15) is 0 Å². The predicted molar refractivity (Wildman–Crippen MR) is 61.0 cm³/mol. The average Bonchev–Trinajstić information content (AvgIpc) is 2.99. The summed E-state index contributed by atoms with van der Waals surface area (Å²) in [5.74, 6) is 1.88. The van der Waals surface area contributed by atoms with Crippen molar-refractivity contribution in [2.45, 2.75) is 25.3 Å². The van der Waals surface area contributed by atoms with Crippen molar-refractivity contribution in [3.8, 4) is 11.5 Å². The van der Waals surface area contributed by atoms with E-state index in [0.717, 1.165) is 30.2 Å². The summed E-state index contributed by atoms with van der Waals surface area (Å²) in [6.07, 6.45) is 7.01. The molecule has 0 aliphatic carbocycles. The Labute approximate surface area is 94.1 Å². The minimum absolute atomic E-state index is 0.579. The fourth-order valence-corrected chi connectivity index (χ4v) is 2.19. The van der Waals surface area contributed by atoms with E-state index in [1.54, 1.807) is 6.26 Å². The van der Waals surface area contributed by atoms with Crippen molar-refractivity contribution in [3.05, 3.63) is 30.4 Å². The van der Waals surface area contributed by atoms with Gasteiger partial charge in [-0.15, -0.1) is 0 Å². The molecule has 0 saturated carbocycles. The number of imidazole rings is 1. The Balaban J connectivity index is 1.72. The second kappa shape index (κ2) is 4.14. The molecule has 1 aliphatic rings. The van der Waals surface area contributed by atoms with Gasteiger partial charge in [-0.2, -0.15) is 0 Å². The van der Waals surface area contributed by atoms with Gasteiger partial charge < -0.3 is 14.7 Å². The molecule has 2 aromatic rings. The van der Waals surface area contributed by atoms with Crippen molar-refractivity contribution >= 4 is 0 Å². The molecule has 0 amide bonds. The van der Waals surface area contributed by atoms with Crippen LogP contribution in [0.25, 0.3) is 11.5 Å². The highest BCUT2D eigenvalue weighted by molar-refractivity contribution is 5.50. The summed E-state index contributed by atoms with van der Waals surface area (Å²) in [5, 5.41) is 3.47. The lowest BCUT2D eigenvalue weighted by atomic mass is 10.1. The van der Waals surface area contributed by atoms with Crippen LogP contribution in [0.5, 0.6) is 0 Å². The van der Waals surface area contributed by atoms with Crippen molar-refractivity contribution in [3.63, 3.8) is 0 Å². The van der Waals surface area contributed by atoms with Gasteiger partial charge >= 0.3 is 0 Å². The molecule has 0 spiro atoms. The Morgan fingerprint density at radius 2 is 2.50 bits per heavy atom. The van der Waals surface area contributed by atoms with Crippen LogP contribution >= 0.6 is 0 Å². The van der Waals surface area contributed by atoms with Crippen LogP contribution in [-0.2, 0) is 6.42 Å². The largest absolute Gasteiger partial charge is 0.463 e. The molecule has 84 valence electrons. The van der Waals surface area contributed by atoms with Crippen LogP contribution in [0, 0.1) is 0 Å². The number of nitrogens with one attached hydrogen (secondary N) is 2. The van der Waals surface area contributed by atoms with Gasteiger partial charge in [-0.05, 0) is 31.5 Å². The van der Waals surface area contributed by atoms with E-state index in [-0.39, 0.29) is 0 Å². The number of aromatic amines is 1. The molecule has 4 nitrogen and oxygen atoms in total. The van der Waals surface area contributed by atoms with Crippen LogP contribution < -0.4 is 5.32 Å². The first kappa shape index (κ1) is 9.66. The van der Waals surface area contributed by atoms with Crippen molar-refractivity contribution in [2.75, 3.05) is 6.54 Å². The molecule has 1 fully saturated rings. The molecule has 3 rings (SSSR count). The second-order valence-corrected chi connectivity index (χ2v) is 4.22. The van der Waals surface area contributed by atoms with Crippen LogP contribution in [0.15, 0.2) is 29.0 Å². The third kappa shape index (κ3) is 1.88. The maximum atomic E-state index is 5.32. The van der Waals surface area contributed by atoms with E-state index in [1.165, 1.54) is 12.8 Å². The van der Waals surface area contributed by atoms with Gasteiger partial charge in [0.25, 0.3) is 0 Å². The van der Waals surface area contributed by atoms with E-state index in [0.29, 0.717) is 6.04 Å². The normalized spacial score (nSPS) is 20.4. The summed E-state index contributed by atoms with van der Waals surface area (Å²) in [6.45, 7) is 1.14. The highest BCUT2D eigenvalue weighted by atomic mass is 16.3. The number of nitrogens with zero attached hydrogens (tertiary/aromatic N) is 1. The zero-order valence-corrected chi connectivity index (χ0v) is 9.07. The zero-order chi connectivity index (χ0) is 10.8. The highest BCUT2D eigenvalue weighted by Crippen LogP contribution is 2.18. The molecular weight excluding hydrogens is 202 g/mol. The number of furan rings is 1. The summed E-state index contributed by atoms with van der Waals surface area (Å²) < 4.78 is 5.32. The standard InChI is InChI=1S/C12H15N3O/c1-3-9(13-5-1)7-12-14-8-10(15-12)11-4-2-6-16-11/h2,4,6,8-9,13H,1,3,5,7H2,(H,14,15). The van der Waals surface area contributed by atoms with Gasteiger partial charge in [0, 0.05) is 12.5 Å². The first-order chi connectivity index (χ1) is 7.92. The molecule has 0 aromatic carbocycles. The Kier molecular flexibility index (Phi) is 2.50. The van der Waals surface area contributed by atoms with Crippen LogP contribution in [0.3, 0.4) is 0 Å². The topological polar surface area (TPSA) is 53.9 Å². The highest BCUT2D eigenvalue weighted by Gasteiger charge is 2.16. The minimum Gasteiger partial charge on any atom is -0.463 e. The smallest absolute Gasteiger partial charge is 0.151 e. The molecule has 1 atom stereocenters. The van der Waals surface area contributed by atoms with E-state index < -0.39 is 0 Å². The van der Waals surface area contributed by atoms with Gasteiger partial charge in [-0.3, -0.25) is 0 Å².